The number of nitrogens with zero attached hydrogens (tertiary/aromatic N) is 2. The molecule has 1 saturated heterocycles. The van der Waals surface area contributed by atoms with Gasteiger partial charge in [0, 0.05) is 41.9 Å². The summed E-state index contributed by atoms with van der Waals surface area (Å²) in [5.74, 6) is 0. The third-order valence-corrected chi connectivity index (χ3v) is 5.65. The lowest BCUT2D eigenvalue weighted by atomic mass is 10.0. The molecule has 134 valence electrons. The van der Waals surface area contributed by atoms with Crippen LogP contribution < -0.4 is 5.32 Å². The molecular formula is C19H30ClN3S. The molecule has 0 amide bonds. The molecule has 0 aliphatic carbocycles. The van der Waals surface area contributed by atoms with E-state index in [1.54, 1.807) is 0 Å². The molecule has 1 aliphatic heterocycles. The van der Waals surface area contributed by atoms with Crippen LogP contribution in [0.5, 0.6) is 0 Å². The van der Waals surface area contributed by atoms with E-state index in [1.807, 2.05) is 25.1 Å². The summed E-state index contributed by atoms with van der Waals surface area (Å²) in [4.78, 5) is 4.92. The molecule has 1 aliphatic rings. The molecule has 1 N–H and O–H groups in total. The maximum atomic E-state index is 6.23. The molecule has 0 spiro atoms. The van der Waals surface area contributed by atoms with Gasteiger partial charge in [-0.25, -0.2) is 0 Å². The van der Waals surface area contributed by atoms with E-state index in [0.717, 1.165) is 47.3 Å². The minimum Gasteiger partial charge on any atom is -0.344 e. The Morgan fingerprint density at radius 2 is 1.88 bits per heavy atom. The van der Waals surface area contributed by atoms with Crippen LogP contribution in [0.4, 0.5) is 5.69 Å². The average Bonchev–Trinajstić information content (AvgIpc) is 2.52. The minimum atomic E-state index is 0.375. The van der Waals surface area contributed by atoms with Crippen LogP contribution in [0.15, 0.2) is 18.2 Å². The number of anilines is 1. The first kappa shape index (κ1) is 19.5. The van der Waals surface area contributed by atoms with Gasteiger partial charge in [0.15, 0.2) is 5.11 Å². The molecule has 0 radical (unpaired) electrons. The topological polar surface area (TPSA) is 18.5 Å². The van der Waals surface area contributed by atoms with Crippen molar-refractivity contribution in [2.24, 2.45) is 0 Å². The van der Waals surface area contributed by atoms with Crippen molar-refractivity contribution in [2.75, 3.05) is 18.4 Å². The van der Waals surface area contributed by atoms with Gasteiger partial charge in [0.05, 0.1) is 0 Å². The second-order valence-corrected chi connectivity index (χ2v) is 8.00. The SMILES string of the molecule is Cc1c(Cl)cccc1NC(=S)N(C(C)C)C1CCN(C(C)C)CC1. The van der Waals surface area contributed by atoms with Gasteiger partial charge in [-0.05, 0) is 77.4 Å². The number of likely N-dealkylation sites (tertiary alicyclic amines) is 1. The van der Waals surface area contributed by atoms with E-state index in [9.17, 15) is 0 Å². The Balaban J connectivity index is 2.07. The van der Waals surface area contributed by atoms with Crippen LogP contribution in [-0.4, -0.2) is 46.1 Å². The van der Waals surface area contributed by atoms with Crippen molar-refractivity contribution < 1.29 is 0 Å². The molecule has 0 saturated carbocycles. The Hall–Kier alpha value is -0.840. The first-order chi connectivity index (χ1) is 11.3. The summed E-state index contributed by atoms with van der Waals surface area (Å²) in [7, 11) is 0. The highest BCUT2D eigenvalue weighted by molar-refractivity contribution is 7.80. The molecule has 3 nitrogen and oxygen atoms in total. The van der Waals surface area contributed by atoms with Crippen LogP contribution >= 0.6 is 23.8 Å². The largest absolute Gasteiger partial charge is 0.344 e. The maximum Gasteiger partial charge on any atom is 0.173 e. The fraction of sp³-hybridized carbons (Fsp3) is 0.632. The number of hydrogen-bond acceptors (Lipinski definition) is 2. The number of piperidine rings is 1. The predicted molar refractivity (Wildman–Crippen MR) is 109 cm³/mol. The van der Waals surface area contributed by atoms with Gasteiger partial charge in [0.1, 0.15) is 0 Å². The van der Waals surface area contributed by atoms with E-state index in [4.69, 9.17) is 23.8 Å². The Kier molecular flexibility index (Phi) is 6.90. The van der Waals surface area contributed by atoms with Crippen molar-refractivity contribution in [3.63, 3.8) is 0 Å². The third-order valence-electron chi connectivity index (χ3n) is 4.92. The second-order valence-electron chi connectivity index (χ2n) is 7.20. The molecule has 0 aromatic heterocycles. The van der Waals surface area contributed by atoms with E-state index in [2.05, 4.69) is 42.8 Å². The van der Waals surface area contributed by atoms with Crippen LogP contribution in [0.3, 0.4) is 0 Å². The zero-order valence-corrected chi connectivity index (χ0v) is 17.0. The lowest BCUT2D eigenvalue weighted by molar-refractivity contribution is 0.117. The van der Waals surface area contributed by atoms with Gasteiger partial charge in [0.25, 0.3) is 0 Å². The van der Waals surface area contributed by atoms with Gasteiger partial charge >= 0.3 is 0 Å². The summed E-state index contributed by atoms with van der Waals surface area (Å²) < 4.78 is 0. The lowest BCUT2D eigenvalue weighted by Crippen LogP contribution is -2.52. The molecule has 1 aromatic rings. The van der Waals surface area contributed by atoms with Crippen molar-refractivity contribution in [1.82, 2.24) is 9.80 Å². The predicted octanol–water partition coefficient (Wildman–Crippen LogP) is 4.93. The number of rotatable bonds is 4. The first-order valence-corrected chi connectivity index (χ1v) is 9.68. The van der Waals surface area contributed by atoms with E-state index < -0.39 is 0 Å². The quantitative estimate of drug-likeness (QED) is 0.760. The summed E-state index contributed by atoms with van der Waals surface area (Å²) in [5, 5.41) is 4.99. The number of hydrogen-bond donors (Lipinski definition) is 1. The van der Waals surface area contributed by atoms with E-state index >= 15 is 0 Å². The van der Waals surface area contributed by atoms with E-state index in [0.29, 0.717) is 18.1 Å². The summed E-state index contributed by atoms with van der Waals surface area (Å²) in [6, 6.07) is 7.40. The molecule has 1 heterocycles. The smallest absolute Gasteiger partial charge is 0.173 e. The van der Waals surface area contributed by atoms with Crippen molar-refractivity contribution >= 4 is 34.6 Å². The standard InChI is InChI=1S/C19H30ClN3S/c1-13(2)22-11-9-16(10-12-22)23(14(3)4)19(24)21-18-8-6-7-17(20)15(18)5/h6-8,13-14,16H,9-12H2,1-5H3,(H,21,24). The van der Waals surface area contributed by atoms with Gasteiger partial charge in [-0.15, -0.1) is 0 Å². The van der Waals surface area contributed by atoms with Gasteiger partial charge in [-0.2, -0.15) is 0 Å². The molecule has 1 aromatic carbocycles. The number of nitrogens with one attached hydrogen (secondary N) is 1. The zero-order chi connectivity index (χ0) is 17.9. The van der Waals surface area contributed by atoms with Crippen LogP contribution in [0.25, 0.3) is 0 Å². The summed E-state index contributed by atoms with van der Waals surface area (Å²) in [5.41, 5.74) is 2.04. The highest BCUT2D eigenvalue weighted by Crippen LogP contribution is 2.25. The van der Waals surface area contributed by atoms with E-state index in [-0.39, 0.29) is 0 Å². The Labute approximate surface area is 157 Å². The van der Waals surface area contributed by atoms with Gasteiger partial charge in [0.2, 0.25) is 0 Å². The summed E-state index contributed by atoms with van der Waals surface area (Å²) >= 11 is 12.0. The second kappa shape index (κ2) is 8.50. The molecule has 1 fully saturated rings. The van der Waals surface area contributed by atoms with Crippen molar-refractivity contribution in [3.05, 3.63) is 28.8 Å². The van der Waals surface area contributed by atoms with Crippen LogP contribution in [0.2, 0.25) is 5.02 Å². The fourth-order valence-corrected chi connectivity index (χ4v) is 4.07. The van der Waals surface area contributed by atoms with Crippen LogP contribution in [0.1, 0.15) is 46.1 Å². The zero-order valence-electron chi connectivity index (χ0n) is 15.5. The van der Waals surface area contributed by atoms with Crippen LogP contribution in [0, 0.1) is 6.92 Å². The van der Waals surface area contributed by atoms with Gasteiger partial charge in [-0.1, -0.05) is 17.7 Å². The molecule has 2 rings (SSSR count). The minimum absolute atomic E-state index is 0.375. The maximum absolute atomic E-state index is 6.23. The van der Waals surface area contributed by atoms with Crippen molar-refractivity contribution in [3.8, 4) is 0 Å². The fourth-order valence-electron chi connectivity index (χ4n) is 3.43. The van der Waals surface area contributed by atoms with Crippen LogP contribution in [-0.2, 0) is 0 Å². The van der Waals surface area contributed by atoms with Gasteiger partial charge in [-0.3, -0.25) is 0 Å². The molecule has 24 heavy (non-hydrogen) atoms. The van der Waals surface area contributed by atoms with Crippen molar-refractivity contribution in [2.45, 2.75) is 65.6 Å². The molecule has 5 heteroatoms. The normalized spacial score (nSPS) is 16.7. The molecule has 0 unspecified atom stereocenters. The Morgan fingerprint density at radius 3 is 2.42 bits per heavy atom. The number of thiocarbonyl (C=S) groups is 1. The highest BCUT2D eigenvalue weighted by Gasteiger charge is 2.28. The summed E-state index contributed by atoms with van der Waals surface area (Å²) in [6.45, 7) is 13.3. The first-order valence-electron chi connectivity index (χ1n) is 8.89. The summed E-state index contributed by atoms with van der Waals surface area (Å²) in [6.07, 6.45) is 2.32. The average molecular weight is 368 g/mol. The van der Waals surface area contributed by atoms with Crippen molar-refractivity contribution in [1.29, 1.82) is 0 Å². The lowest BCUT2D eigenvalue weighted by Gasteiger charge is -2.43. The number of benzene rings is 1. The molecular weight excluding hydrogens is 338 g/mol. The number of halogens is 1. The Morgan fingerprint density at radius 1 is 1.25 bits per heavy atom. The highest BCUT2D eigenvalue weighted by atomic mass is 35.5. The monoisotopic (exact) mass is 367 g/mol. The Bertz CT molecular complexity index is 566. The molecule has 0 bridgehead atoms. The van der Waals surface area contributed by atoms with Gasteiger partial charge < -0.3 is 15.1 Å². The van der Waals surface area contributed by atoms with E-state index in [1.165, 1.54) is 0 Å². The molecule has 0 atom stereocenters. The third kappa shape index (κ3) is 4.62.